The predicted octanol–water partition coefficient (Wildman–Crippen LogP) is 3.31. The number of aryl methyl sites for hydroxylation is 2. The lowest BCUT2D eigenvalue weighted by Crippen LogP contribution is -2.41. The van der Waals surface area contributed by atoms with Gasteiger partial charge in [-0.1, -0.05) is 24.4 Å². The van der Waals surface area contributed by atoms with Gasteiger partial charge in [0.25, 0.3) is 5.91 Å². The Balaban J connectivity index is 1.46. The molecule has 1 aliphatic carbocycles. The van der Waals surface area contributed by atoms with E-state index in [9.17, 15) is 9.59 Å². The molecule has 2 fully saturated rings. The molecule has 9 nitrogen and oxygen atoms in total. The molecule has 2 aromatic rings. The van der Waals surface area contributed by atoms with E-state index in [-0.39, 0.29) is 23.6 Å². The second-order valence-corrected chi connectivity index (χ2v) is 9.33. The molecule has 0 aromatic carbocycles. The molecule has 0 N–H and O–H groups in total. The van der Waals surface area contributed by atoms with Crippen molar-refractivity contribution in [2.24, 2.45) is 5.92 Å². The number of hydrogen-bond acceptors (Lipinski definition) is 7. The third-order valence-corrected chi connectivity index (χ3v) is 7.19. The fourth-order valence-electron chi connectivity index (χ4n) is 5.41. The van der Waals surface area contributed by atoms with E-state index in [1.165, 1.54) is 32.1 Å². The van der Waals surface area contributed by atoms with Crippen LogP contribution in [-0.4, -0.2) is 50.1 Å². The zero-order valence-electron chi connectivity index (χ0n) is 18.8. The number of rotatable bonds is 4. The van der Waals surface area contributed by atoms with Crippen LogP contribution in [0.5, 0.6) is 0 Å². The summed E-state index contributed by atoms with van der Waals surface area (Å²) in [6.07, 6.45) is 8.95. The smallest absolute Gasteiger partial charge is 0.278 e. The molecule has 1 atom stereocenters. The van der Waals surface area contributed by atoms with Crippen molar-refractivity contribution >= 4 is 17.6 Å². The third kappa shape index (κ3) is 3.78. The highest BCUT2D eigenvalue weighted by Crippen LogP contribution is 2.36. The van der Waals surface area contributed by atoms with E-state index in [4.69, 9.17) is 14.6 Å². The van der Waals surface area contributed by atoms with Crippen molar-refractivity contribution in [3.8, 4) is 0 Å². The van der Waals surface area contributed by atoms with E-state index in [0.717, 1.165) is 36.5 Å². The van der Waals surface area contributed by atoms with Gasteiger partial charge in [0.15, 0.2) is 11.5 Å². The number of anilines is 1. The van der Waals surface area contributed by atoms with Crippen molar-refractivity contribution < 1.29 is 14.2 Å². The van der Waals surface area contributed by atoms with E-state index < -0.39 is 0 Å². The molecule has 2 aliphatic heterocycles. The van der Waals surface area contributed by atoms with Crippen molar-refractivity contribution in [3.05, 3.63) is 28.5 Å². The molecule has 0 spiro atoms. The van der Waals surface area contributed by atoms with Gasteiger partial charge in [0, 0.05) is 30.8 Å². The summed E-state index contributed by atoms with van der Waals surface area (Å²) in [5.41, 5.74) is 2.69. The summed E-state index contributed by atoms with van der Waals surface area (Å²) in [6, 6.07) is -0.240. The summed E-state index contributed by atoms with van der Waals surface area (Å²) >= 11 is 0. The van der Waals surface area contributed by atoms with Crippen molar-refractivity contribution in [3.63, 3.8) is 0 Å². The number of nitrogens with zero attached hydrogens (tertiary/aromatic N) is 6. The fraction of sp³-hybridized carbons (Fsp3) is 0.652. The molecule has 170 valence electrons. The van der Waals surface area contributed by atoms with Crippen molar-refractivity contribution in [2.75, 3.05) is 18.0 Å². The predicted molar refractivity (Wildman–Crippen MR) is 116 cm³/mol. The van der Waals surface area contributed by atoms with Crippen LogP contribution in [0.15, 0.2) is 4.63 Å². The summed E-state index contributed by atoms with van der Waals surface area (Å²) < 4.78 is 4.74. The zero-order chi connectivity index (χ0) is 22.2. The quantitative estimate of drug-likeness (QED) is 0.721. The molecule has 2 aromatic heterocycles. The Morgan fingerprint density at radius 2 is 1.81 bits per heavy atom. The van der Waals surface area contributed by atoms with Gasteiger partial charge < -0.3 is 4.90 Å². The van der Waals surface area contributed by atoms with Gasteiger partial charge in [0.05, 0.1) is 6.04 Å². The number of amides is 2. The number of likely N-dealkylation sites (tertiary alicyclic amines) is 1. The molecule has 1 saturated heterocycles. The maximum absolute atomic E-state index is 13.1. The van der Waals surface area contributed by atoms with E-state index in [1.807, 2.05) is 11.8 Å². The van der Waals surface area contributed by atoms with Crippen LogP contribution in [0.25, 0.3) is 0 Å². The lowest BCUT2D eigenvalue weighted by atomic mass is 9.88. The summed E-state index contributed by atoms with van der Waals surface area (Å²) in [6.45, 7) is 5.05. The molecular weight excluding hydrogens is 408 g/mol. The number of hydrogen-bond donors (Lipinski definition) is 0. The Morgan fingerprint density at radius 1 is 1.00 bits per heavy atom. The van der Waals surface area contributed by atoms with Crippen LogP contribution in [0.3, 0.4) is 0 Å². The lowest BCUT2D eigenvalue weighted by molar-refractivity contribution is -0.119. The van der Waals surface area contributed by atoms with Crippen LogP contribution >= 0.6 is 0 Å². The van der Waals surface area contributed by atoms with E-state index in [0.29, 0.717) is 36.8 Å². The number of carbonyl (C=O) groups excluding carboxylic acids is 2. The molecule has 0 bridgehead atoms. The van der Waals surface area contributed by atoms with Gasteiger partial charge in [-0.2, -0.15) is 0 Å². The van der Waals surface area contributed by atoms with Gasteiger partial charge in [-0.25, -0.2) is 14.6 Å². The van der Waals surface area contributed by atoms with Gasteiger partial charge in [-0.05, 0) is 57.0 Å². The summed E-state index contributed by atoms with van der Waals surface area (Å²) in [5, 5.41) is 7.54. The van der Waals surface area contributed by atoms with Crippen molar-refractivity contribution in [1.29, 1.82) is 0 Å². The van der Waals surface area contributed by atoms with Gasteiger partial charge in [-0.15, -0.1) is 0 Å². The molecular formula is C23H30N6O3. The first kappa shape index (κ1) is 21.0. The lowest BCUT2D eigenvalue weighted by Gasteiger charge is -2.34. The highest BCUT2D eigenvalue weighted by Gasteiger charge is 2.37. The second kappa shape index (κ2) is 8.60. The zero-order valence-corrected chi connectivity index (χ0v) is 18.8. The molecule has 32 heavy (non-hydrogen) atoms. The van der Waals surface area contributed by atoms with Gasteiger partial charge in [0.2, 0.25) is 5.91 Å². The normalized spacial score (nSPS) is 21.8. The highest BCUT2D eigenvalue weighted by molar-refractivity contribution is 5.95. The van der Waals surface area contributed by atoms with Gasteiger partial charge >= 0.3 is 0 Å². The Bertz CT molecular complexity index is 1030. The molecule has 1 saturated carbocycles. The van der Waals surface area contributed by atoms with Crippen molar-refractivity contribution in [2.45, 2.75) is 77.7 Å². The molecule has 3 aliphatic rings. The second-order valence-electron chi connectivity index (χ2n) is 9.33. The van der Waals surface area contributed by atoms with Crippen LogP contribution in [0.4, 0.5) is 5.82 Å². The van der Waals surface area contributed by atoms with E-state index in [1.54, 1.807) is 11.8 Å². The molecule has 2 amide bonds. The van der Waals surface area contributed by atoms with E-state index >= 15 is 0 Å². The number of fused-ring (bicyclic) bond motifs is 1. The van der Waals surface area contributed by atoms with Crippen LogP contribution in [0, 0.1) is 19.8 Å². The van der Waals surface area contributed by atoms with Gasteiger partial charge in [-0.3, -0.25) is 14.5 Å². The first-order chi connectivity index (χ1) is 15.5. The first-order valence-electron chi connectivity index (χ1n) is 11.8. The van der Waals surface area contributed by atoms with Gasteiger partial charge in [0.1, 0.15) is 11.5 Å². The SMILES string of the molecule is Cc1nonc1C(=O)N1CCC[C@H]1c1nc(C)c2c(n1)N(CC1CCCCC1)C(=O)CC2. The average Bonchev–Trinajstić information content (AvgIpc) is 3.45. The molecule has 5 rings (SSSR count). The standard InChI is InChI=1S/C23H30N6O3/c1-14-17-10-11-19(30)29(13-16-7-4-3-5-8-16)22(17)25-21(24-14)18-9-6-12-28(18)23(31)20-15(2)26-32-27-20/h16,18H,3-13H2,1-2H3/t18-/m0/s1. The average molecular weight is 439 g/mol. The Labute approximate surface area is 187 Å². The highest BCUT2D eigenvalue weighted by atomic mass is 16.6. The number of carbonyl (C=O) groups is 2. The third-order valence-electron chi connectivity index (χ3n) is 7.19. The molecule has 0 radical (unpaired) electrons. The molecule has 9 heteroatoms. The van der Waals surface area contributed by atoms with Crippen LogP contribution in [0.1, 0.15) is 90.7 Å². The minimum atomic E-state index is -0.240. The monoisotopic (exact) mass is 438 g/mol. The summed E-state index contributed by atoms with van der Waals surface area (Å²) in [5.74, 6) is 1.85. The topological polar surface area (TPSA) is 105 Å². The Hall–Kier alpha value is -2.84. The Kier molecular flexibility index (Phi) is 5.65. The van der Waals surface area contributed by atoms with Crippen molar-refractivity contribution in [1.82, 2.24) is 25.2 Å². The minimum Gasteiger partial charge on any atom is -0.327 e. The van der Waals surface area contributed by atoms with Crippen LogP contribution in [-0.2, 0) is 11.2 Å². The van der Waals surface area contributed by atoms with E-state index in [2.05, 4.69) is 10.3 Å². The van der Waals surface area contributed by atoms with Crippen LogP contribution < -0.4 is 4.90 Å². The van der Waals surface area contributed by atoms with Crippen LogP contribution in [0.2, 0.25) is 0 Å². The summed E-state index contributed by atoms with van der Waals surface area (Å²) in [4.78, 5) is 39.4. The number of aromatic nitrogens is 4. The molecule has 4 heterocycles. The first-order valence-corrected chi connectivity index (χ1v) is 11.8. The largest absolute Gasteiger partial charge is 0.327 e. The maximum atomic E-state index is 13.1. The summed E-state index contributed by atoms with van der Waals surface area (Å²) in [7, 11) is 0. The Morgan fingerprint density at radius 3 is 2.56 bits per heavy atom. The minimum absolute atomic E-state index is 0.149. The molecule has 0 unspecified atom stereocenters. The maximum Gasteiger partial charge on any atom is 0.278 e. The fourth-order valence-corrected chi connectivity index (χ4v) is 5.41.